The van der Waals surface area contributed by atoms with Gasteiger partial charge in [-0.1, -0.05) is 13.0 Å². The summed E-state index contributed by atoms with van der Waals surface area (Å²) in [5, 5.41) is 9.89. The molecule has 1 N–H and O–H groups in total. The third-order valence-electron chi connectivity index (χ3n) is 2.46. The van der Waals surface area contributed by atoms with Crippen LogP contribution in [0.4, 0.5) is 0 Å². The van der Waals surface area contributed by atoms with Gasteiger partial charge in [0.25, 0.3) is 0 Å². The zero-order valence-electron chi connectivity index (χ0n) is 9.12. The van der Waals surface area contributed by atoms with Crippen LogP contribution in [0.25, 0.3) is 0 Å². The van der Waals surface area contributed by atoms with Crippen LogP contribution >= 0.6 is 0 Å². The number of ether oxygens (including phenoxy) is 1. The van der Waals surface area contributed by atoms with Crippen molar-refractivity contribution in [2.24, 2.45) is 0 Å². The molecule has 0 unspecified atom stereocenters. The van der Waals surface area contributed by atoms with Crippen LogP contribution in [0, 0.1) is 0 Å². The molecule has 0 radical (unpaired) electrons. The van der Waals surface area contributed by atoms with E-state index >= 15 is 0 Å². The fourth-order valence-electron chi connectivity index (χ4n) is 1.63. The minimum Gasteiger partial charge on any atom is -0.504 e. The molecule has 0 aromatic heterocycles. The molecule has 3 heteroatoms. The van der Waals surface area contributed by atoms with Gasteiger partial charge in [-0.25, -0.2) is 0 Å². The summed E-state index contributed by atoms with van der Waals surface area (Å²) in [7, 11) is 1.52. The molecule has 0 saturated heterocycles. The number of aromatic hydroxyl groups is 1. The average molecular weight is 208 g/mol. The van der Waals surface area contributed by atoms with Crippen molar-refractivity contribution in [2.45, 2.75) is 26.2 Å². The normalized spacial score (nSPS) is 10.0. The maximum absolute atomic E-state index is 10.3. The second-order valence-electron chi connectivity index (χ2n) is 3.31. The van der Waals surface area contributed by atoms with Gasteiger partial charge in [0.1, 0.15) is 6.29 Å². The molecule has 0 aliphatic carbocycles. The first-order valence-electron chi connectivity index (χ1n) is 5.05. The Morgan fingerprint density at radius 3 is 2.73 bits per heavy atom. The van der Waals surface area contributed by atoms with Crippen LogP contribution in [0.5, 0.6) is 11.5 Å². The smallest absolute Gasteiger partial charge is 0.161 e. The number of carbonyl (C=O) groups excluding carboxylic acids is 1. The van der Waals surface area contributed by atoms with E-state index in [1.807, 2.05) is 13.0 Å². The molecule has 0 aliphatic rings. The third-order valence-corrected chi connectivity index (χ3v) is 2.46. The van der Waals surface area contributed by atoms with Gasteiger partial charge < -0.3 is 14.6 Å². The molecule has 82 valence electrons. The van der Waals surface area contributed by atoms with Crippen molar-refractivity contribution in [1.82, 2.24) is 0 Å². The summed E-state index contributed by atoms with van der Waals surface area (Å²) in [6.45, 7) is 2.02. The SMILES string of the molecule is CCc1ccc(OC)c(O)c1CCC=O. The number of hydrogen-bond acceptors (Lipinski definition) is 3. The molecule has 0 fully saturated rings. The molecule has 15 heavy (non-hydrogen) atoms. The van der Waals surface area contributed by atoms with Crippen molar-refractivity contribution in [1.29, 1.82) is 0 Å². The zero-order chi connectivity index (χ0) is 11.3. The number of carbonyl (C=O) groups is 1. The van der Waals surface area contributed by atoms with Crippen molar-refractivity contribution in [3.8, 4) is 11.5 Å². The number of aryl methyl sites for hydroxylation is 1. The van der Waals surface area contributed by atoms with Gasteiger partial charge in [0.05, 0.1) is 7.11 Å². The van der Waals surface area contributed by atoms with Gasteiger partial charge in [-0.3, -0.25) is 0 Å². The monoisotopic (exact) mass is 208 g/mol. The van der Waals surface area contributed by atoms with Gasteiger partial charge in [-0.15, -0.1) is 0 Å². The Morgan fingerprint density at radius 2 is 2.20 bits per heavy atom. The van der Waals surface area contributed by atoms with Crippen LogP contribution in [-0.4, -0.2) is 18.5 Å². The van der Waals surface area contributed by atoms with E-state index < -0.39 is 0 Å². The molecule has 0 bridgehead atoms. The predicted octanol–water partition coefficient (Wildman–Crippen LogP) is 2.09. The van der Waals surface area contributed by atoms with Crippen molar-refractivity contribution in [3.63, 3.8) is 0 Å². The average Bonchev–Trinajstić information content (AvgIpc) is 2.27. The highest BCUT2D eigenvalue weighted by molar-refractivity contribution is 5.54. The number of benzene rings is 1. The molecule has 0 aliphatic heterocycles. The number of aldehydes is 1. The summed E-state index contributed by atoms with van der Waals surface area (Å²) < 4.78 is 5.03. The molecule has 1 aromatic carbocycles. The lowest BCUT2D eigenvalue weighted by molar-refractivity contribution is -0.107. The van der Waals surface area contributed by atoms with Crippen LogP contribution in [0.2, 0.25) is 0 Å². The minimum absolute atomic E-state index is 0.165. The Kier molecular flexibility index (Phi) is 4.16. The van der Waals surface area contributed by atoms with Gasteiger partial charge in [-0.05, 0) is 24.5 Å². The third kappa shape index (κ3) is 2.49. The summed E-state index contributed by atoms with van der Waals surface area (Å²) >= 11 is 0. The maximum atomic E-state index is 10.3. The molecular formula is C12H16O3. The fourth-order valence-corrected chi connectivity index (χ4v) is 1.63. The van der Waals surface area contributed by atoms with Gasteiger partial charge in [0.15, 0.2) is 11.5 Å². The molecule has 0 amide bonds. The molecule has 0 spiro atoms. The Morgan fingerprint density at radius 1 is 1.47 bits per heavy atom. The van der Waals surface area contributed by atoms with Gasteiger partial charge in [0, 0.05) is 12.0 Å². The standard InChI is InChI=1S/C12H16O3/c1-3-9-6-7-11(15-2)12(14)10(9)5-4-8-13/h6-8,14H,3-5H2,1-2H3. The molecule has 1 aromatic rings. The number of rotatable bonds is 5. The summed E-state index contributed by atoms with van der Waals surface area (Å²) in [5.74, 6) is 0.631. The number of phenols is 1. The lowest BCUT2D eigenvalue weighted by Crippen LogP contribution is -1.96. The van der Waals surface area contributed by atoms with E-state index in [2.05, 4.69) is 0 Å². The van der Waals surface area contributed by atoms with Crippen molar-refractivity contribution in [3.05, 3.63) is 23.3 Å². The molecular weight excluding hydrogens is 192 g/mol. The maximum Gasteiger partial charge on any atom is 0.161 e. The van der Waals surface area contributed by atoms with Crippen LogP contribution in [0.15, 0.2) is 12.1 Å². The Balaban J connectivity index is 3.10. The topological polar surface area (TPSA) is 46.5 Å². The second-order valence-corrected chi connectivity index (χ2v) is 3.31. The van der Waals surface area contributed by atoms with E-state index in [9.17, 15) is 9.90 Å². The summed E-state index contributed by atoms with van der Waals surface area (Å²) in [6, 6.07) is 3.68. The van der Waals surface area contributed by atoms with E-state index in [4.69, 9.17) is 4.74 Å². The van der Waals surface area contributed by atoms with Crippen molar-refractivity contribution in [2.75, 3.05) is 7.11 Å². The van der Waals surface area contributed by atoms with Crippen LogP contribution < -0.4 is 4.74 Å². The molecule has 1 rings (SSSR count). The summed E-state index contributed by atoms with van der Waals surface area (Å²) in [4.78, 5) is 10.3. The van der Waals surface area contributed by atoms with E-state index in [1.165, 1.54) is 7.11 Å². The Hall–Kier alpha value is -1.51. The number of methoxy groups -OCH3 is 1. The lowest BCUT2D eigenvalue weighted by atomic mass is 9.99. The van der Waals surface area contributed by atoms with E-state index in [1.54, 1.807) is 6.07 Å². The zero-order valence-corrected chi connectivity index (χ0v) is 9.12. The van der Waals surface area contributed by atoms with E-state index in [0.717, 1.165) is 23.8 Å². The highest BCUT2D eigenvalue weighted by Crippen LogP contribution is 2.33. The summed E-state index contributed by atoms with van der Waals surface area (Å²) in [5.41, 5.74) is 1.89. The highest BCUT2D eigenvalue weighted by Gasteiger charge is 2.11. The fraction of sp³-hybridized carbons (Fsp3) is 0.417. The van der Waals surface area contributed by atoms with Crippen molar-refractivity contribution >= 4 is 6.29 Å². The van der Waals surface area contributed by atoms with E-state index in [0.29, 0.717) is 18.6 Å². The Labute approximate surface area is 89.7 Å². The lowest BCUT2D eigenvalue weighted by Gasteiger charge is -2.12. The molecule has 0 saturated carbocycles. The minimum atomic E-state index is 0.165. The first-order valence-corrected chi connectivity index (χ1v) is 5.05. The van der Waals surface area contributed by atoms with Crippen LogP contribution in [-0.2, 0) is 17.6 Å². The molecule has 0 atom stereocenters. The van der Waals surface area contributed by atoms with Crippen LogP contribution in [0.3, 0.4) is 0 Å². The Bertz CT molecular complexity index is 345. The van der Waals surface area contributed by atoms with E-state index in [-0.39, 0.29) is 5.75 Å². The quantitative estimate of drug-likeness (QED) is 0.754. The van der Waals surface area contributed by atoms with Gasteiger partial charge in [0.2, 0.25) is 0 Å². The van der Waals surface area contributed by atoms with Crippen LogP contribution in [0.1, 0.15) is 24.5 Å². The molecule has 0 heterocycles. The first-order chi connectivity index (χ1) is 7.24. The van der Waals surface area contributed by atoms with Gasteiger partial charge in [-0.2, -0.15) is 0 Å². The first kappa shape index (κ1) is 11.6. The second kappa shape index (κ2) is 5.39. The number of phenolic OH excluding ortho intramolecular Hbond substituents is 1. The molecule has 3 nitrogen and oxygen atoms in total. The number of hydrogen-bond donors (Lipinski definition) is 1. The summed E-state index contributed by atoms with van der Waals surface area (Å²) in [6.07, 6.45) is 2.69. The highest BCUT2D eigenvalue weighted by atomic mass is 16.5. The largest absolute Gasteiger partial charge is 0.504 e. The predicted molar refractivity (Wildman–Crippen MR) is 58.4 cm³/mol. The van der Waals surface area contributed by atoms with Gasteiger partial charge >= 0.3 is 0 Å². The van der Waals surface area contributed by atoms with Crippen molar-refractivity contribution < 1.29 is 14.6 Å².